The third-order valence-corrected chi connectivity index (χ3v) is 3.41. The first-order valence-corrected chi connectivity index (χ1v) is 6.40. The standard InChI is InChI=1S/C13H21N3O/c1-10-9-14-11(2)13(15-10)16-7-4-3-5-12(16)6-8-17/h9,12,17H,3-8H2,1-2H3. The molecule has 0 amide bonds. The number of aromatic nitrogens is 2. The van der Waals surface area contributed by atoms with Crippen LogP contribution in [-0.4, -0.2) is 34.3 Å². The summed E-state index contributed by atoms with van der Waals surface area (Å²) < 4.78 is 0. The summed E-state index contributed by atoms with van der Waals surface area (Å²) in [6.07, 6.45) is 6.24. The van der Waals surface area contributed by atoms with Crippen LogP contribution in [0.4, 0.5) is 5.82 Å². The summed E-state index contributed by atoms with van der Waals surface area (Å²) in [5, 5.41) is 9.14. The zero-order chi connectivity index (χ0) is 12.3. The van der Waals surface area contributed by atoms with Crippen molar-refractivity contribution < 1.29 is 5.11 Å². The number of aryl methyl sites for hydroxylation is 2. The molecular weight excluding hydrogens is 214 g/mol. The molecule has 1 aromatic rings. The van der Waals surface area contributed by atoms with E-state index in [4.69, 9.17) is 5.11 Å². The molecule has 4 heteroatoms. The molecule has 94 valence electrons. The molecule has 1 saturated heterocycles. The Labute approximate surface area is 103 Å². The van der Waals surface area contributed by atoms with Gasteiger partial charge in [-0.3, -0.25) is 4.98 Å². The molecule has 4 nitrogen and oxygen atoms in total. The number of anilines is 1. The lowest BCUT2D eigenvalue weighted by atomic mass is 9.99. The average Bonchev–Trinajstić information content (AvgIpc) is 2.34. The smallest absolute Gasteiger partial charge is 0.150 e. The first-order chi connectivity index (χ1) is 8.22. The van der Waals surface area contributed by atoms with Crippen LogP contribution >= 0.6 is 0 Å². The van der Waals surface area contributed by atoms with Gasteiger partial charge in [0.05, 0.1) is 11.4 Å². The molecule has 0 aliphatic carbocycles. The summed E-state index contributed by atoms with van der Waals surface area (Å²) in [5.41, 5.74) is 1.94. The summed E-state index contributed by atoms with van der Waals surface area (Å²) in [5.74, 6) is 1.00. The zero-order valence-electron chi connectivity index (χ0n) is 10.7. The van der Waals surface area contributed by atoms with Gasteiger partial charge >= 0.3 is 0 Å². The maximum atomic E-state index is 9.14. The van der Waals surface area contributed by atoms with Crippen molar-refractivity contribution in [2.75, 3.05) is 18.1 Å². The first-order valence-electron chi connectivity index (χ1n) is 6.40. The van der Waals surface area contributed by atoms with Gasteiger partial charge in [0, 0.05) is 25.4 Å². The molecule has 0 spiro atoms. The Kier molecular flexibility index (Phi) is 3.94. The number of rotatable bonds is 3. The van der Waals surface area contributed by atoms with Crippen LogP contribution in [0, 0.1) is 13.8 Å². The second kappa shape index (κ2) is 5.45. The van der Waals surface area contributed by atoms with Crippen LogP contribution < -0.4 is 4.90 Å². The molecule has 1 aliphatic heterocycles. The third-order valence-electron chi connectivity index (χ3n) is 3.41. The highest BCUT2D eigenvalue weighted by Gasteiger charge is 2.24. The van der Waals surface area contributed by atoms with E-state index in [2.05, 4.69) is 14.9 Å². The Morgan fingerprint density at radius 3 is 3.00 bits per heavy atom. The lowest BCUT2D eigenvalue weighted by Gasteiger charge is -2.37. The highest BCUT2D eigenvalue weighted by molar-refractivity contribution is 5.44. The molecule has 1 aliphatic rings. The summed E-state index contributed by atoms with van der Waals surface area (Å²) >= 11 is 0. The van der Waals surface area contributed by atoms with E-state index in [-0.39, 0.29) is 6.61 Å². The molecule has 1 N–H and O–H groups in total. The van der Waals surface area contributed by atoms with E-state index in [1.807, 2.05) is 20.0 Å². The number of nitrogens with zero attached hydrogens (tertiary/aromatic N) is 3. The number of hydrogen-bond donors (Lipinski definition) is 1. The molecule has 1 unspecified atom stereocenters. The summed E-state index contributed by atoms with van der Waals surface area (Å²) in [7, 11) is 0. The van der Waals surface area contributed by atoms with Crippen molar-refractivity contribution in [2.24, 2.45) is 0 Å². The monoisotopic (exact) mass is 235 g/mol. The molecule has 1 fully saturated rings. The van der Waals surface area contributed by atoms with Gasteiger partial charge < -0.3 is 10.0 Å². The maximum Gasteiger partial charge on any atom is 0.150 e. The fourth-order valence-electron chi connectivity index (χ4n) is 2.53. The van der Waals surface area contributed by atoms with E-state index < -0.39 is 0 Å². The molecule has 17 heavy (non-hydrogen) atoms. The fourth-order valence-corrected chi connectivity index (χ4v) is 2.53. The van der Waals surface area contributed by atoms with E-state index in [1.165, 1.54) is 12.8 Å². The lowest BCUT2D eigenvalue weighted by molar-refractivity contribution is 0.262. The Morgan fingerprint density at radius 1 is 1.41 bits per heavy atom. The highest BCUT2D eigenvalue weighted by atomic mass is 16.3. The molecular formula is C13H21N3O. The van der Waals surface area contributed by atoms with Crippen LogP contribution in [0.5, 0.6) is 0 Å². The van der Waals surface area contributed by atoms with Crippen molar-refractivity contribution in [1.82, 2.24) is 9.97 Å². The van der Waals surface area contributed by atoms with Gasteiger partial charge in [-0.1, -0.05) is 0 Å². The molecule has 0 aromatic carbocycles. The topological polar surface area (TPSA) is 49.2 Å². The van der Waals surface area contributed by atoms with Crippen molar-refractivity contribution in [3.8, 4) is 0 Å². The molecule has 0 radical (unpaired) electrons. The summed E-state index contributed by atoms with van der Waals surface area (Å²) in [4.78, 5) is 11.3. The highest BCUT2D eigenvalue weighted by Crippen LogP contribution is 2.26. The van der Waals surface area contributed by atoms with Crippen molar-refractivity contribution in [3.05, 3.63) is 17.6 Å². The van der Waals surface area contributed by atoms with Gasteiger partial charge in [-0.15, -0.1) is 0 Å². The van der Waals surface area contributed by atoms with Crippen LogP contribution in [0.1, 0.15) is 37.1 Å². The van der Waals surface area contributed by atoms with Gasteiger partial charge in [0.1, 0.15) is 0 Å². The minimum atomic E-state index is 0.249. The van der Waals surface area contributed by atoms with Crippen molar-refractivity contribution in [2.45, 2.75) is 45.6 Å². The van der Waals surface area contributed by atoms with Crippen LogP contribution in [0.25, 0.3) is 0 Å². The van der Waals surface area contributed by atoms with Crippen LogP contribution in [0.3, 0.4) is 0 Å². The molecule has 0 bridgehead atoms. The maximum absolute atomic E-state index is 9.14. The normalized spacial score (nSPS) is 20.6. The molecule has 0 saturated carbocycles. The Bertz CT molecular complexity index is 379. The SMILES string of the molecule is Cc1cnc(C)c(N2CCCCC2CCO)n1. The van der Waals surface area contributed by atoms with Gasteiger partial charge in [0.25, 0.3) is 0 Å². The third kappa shape index (κ3) is 2.75. The predicted octanol–water partition coefficient (Wildman–Crippen LogP) is 1.83. The molecule has 2 heterocycles. The van der Waals surface area contributed by atoms with E-state index in [0.29, 0.717) is 6.04 Å². The lowest BCUT2D eigenvalue weighted by Crippen LogP contribution is -2.41. The minimum Gasteiger partial charge on any atom is -0.396 e. The van der Waals surface area contributed by atoms with E-state index in [1.54, 1.807) is 0 Å². The van der Waals surface area contributed by atoms with Crippen LogP contribution in [0.15, 0.2) is 6.20 Å². The van der Waals surface area contributed by atoms with Crippen molar-refractivity contribution in [1.29, 1.82) is 0 Å². The van der Waals surface area contributed by atoms with Gasteiger partial charge in [-0.25, -0.2) is 4.98 Å². The minimum absolute atomic E-state index is 0.249. The Hall–Kier alpha value is -1.16. The van der Waals surface area contributed by atoms with E-state index in [0.717, 1.165) is 36.6 Å². The molecule has 1 aromatic heterocycles. The number of aliphatic hydroxyl groups is 1. The van der Waals surface area contributed by atoms with Gasteiger partial charge in [-0.2, -0.15) is 0 Å². The molecule has 2 rings (SSSR count). The van der Waals surface area contributed by atoms with E-state index in [9.17, 15) is 0 Å². The number of aliphatic hydroxyl groups excluding tert-OH is 1. The van der Waals surface area contributed by atoms with Crippen LogP contribution in [-0.2, 0) is 0 Å². The summed E-state index contributed by atoms with van der Waals surface area (Å²) in [6, 6.07) is 0.420. The largest absolute Gasteiger partial charge is 0.396 e. The zero-order valence-corrected chi connectivity index (χ0v) is 10.7. The number of hydrogen-bond acceptors (Lipinski definition) is 4. The van der Waals surface area contributed by atoms with Gasteiger partial charge in [-0.05, 0) is 39.5 Å². The quantitative estimate of drug-likeness (QED) is 0.868. The second-order valence-electron chi connectivity index (χ2n) is 4.78. The van der Waals surface area contributed by atoms with Gasteiger partial charge in [0.2, 0.25) is 0 Å². The van der Waals surface area contributed by atoms with Crippen molar-refractivity contribution >= 4 is 5.82 Å². The average molecular weight is 235 g/mol. The summed E-state index contributed by atoms with van der Waals surface area (Å²) in [6.45, 7) is 5.26. The van der Waals surface area contributed by atoms with Crippen LogP contribution in [0.2, 0.25) is 0 Å². The van der Waals surface area contributed by atoms with E-state index >= 15 is 0 Å². The predicted molar refractivity (Wildman–Crippen MR) is 68.2 cm³/mol. The Morgan fingerprint density at radius 2 is 2.24 bits per heavy atom. The number of piperidine rings is 1. The fraction of sp³-hybridized carbons (Fsp3) is 0.692. The Balaban J connectivity index is 2.25. The second-order valence-corrected chi connectivity index (χ2v) is 4.78. The molecule has 1 atom stereocenters. The van der Waals surface area contributed by atoms with Gasteiger partial charge in [0.15, 0.2) is 5.82 Å². The first kappa shape index (κ1) is 12.3. The van der Waals surface area contributed by atoms with Crippen molar-refractivity contribution in [3.63, 3.8) is 0 Å².